The fourth-order valence-electron chi connectivity index (χ4n) is 0.921. The van der Waals surface area contributed by atoms with Crippen LogP contribution in [0, 0.1) is 0 Å². The van der Waals surface area contributed by atoms with Gasteiger partial charge in [0.2, 0.25) is 0 Å². The number of hydrogen-bond donors (Lipinski definition) is 1. The minimum Gasteiger partial charge on any atom is -0.330 e. The lowest BCUT2D eigenvalue weighted by atomic mass is 10.1. The second-order valence-corrected chi connectivity index (χ2v) is 3.40. The molecule has 0 aromatic carbocycles. The number of rotatable bonds is 3. The smallest absolute Gasteiger partial charge is 0.290 e. The van der Waals surface area contributed by atoms with Crippen LogP contribution in [0.3, 0.4) is 0 Å². The zero-order valence-corrected chi connectivity index (χ0v) is 8.39. The van der Waals surface area contributed by atoms with Crippen molar-refractivity contribution in [3.05, 3.63) is 28.5 Å². The minimum atomic E-state index is -2.93. The molecule has 0 bridgehead atoms. The van der Waals surface area contributed by atoms with Gasteiger partial charge < -0.3 is 5.73 Å². The van der Waals surface area contributed by atoms with Gasteiger partial charge in [-0.3, -0.25) is 0 Å². The predicted molar refractivity (Wildman–Crippen MR) is 49.5 cm³/mol. The Morgan fingerprint density at radius 1 is 1.46 bits per heavy atom. The van der Waals surface area contributed by atoms with Crippen molar-refractivity contribution in [3.63, 3.8) is 0 Å². The standard InChI is InChI=1S/C8H9BrF2N2/c9-7-3-1-2-6(13-7)8(10,11)4-5-12/h1-3H,4-5,12H2. The summed E-state index contributed by atoms with van der Waals surface area (Å²) in [6.07, 6.45) is -0.379. The summed E-state index contributed by atoms with van der Waals surface area (Å²) in [5, 5.41) is 0. The molecule has 1 aromatic rings. The Labute approximate surface area is 83.3 Å². The van der Waals surface area contributed by atoms with E-state index in [-0.39, 0.29) is 18.7 Å². The summed E-state index contributed by atoms with van der Waals surface area (Å²) in [5.74, 6) is -2.93. The Morgan fingerprint density at radius 3 is 2.69 bits per heavy atom. The maximum atomic E-state index is 13.2. The molecule has 0 unspecified atom stereocenters. The highest BCUT2D eigenvalue weighted by Gasteiger charge is 2.31. The number of alkyl halides is 2. The zero-order valence-electron chi connectivity index (χ0n) is 6.80. The normalized spacial score (nSPS) is 11.7. The van der Waals surface area contributed by atoms with Crippen LogP contribution in [0.1, 0.15) is 12.1 Å². The molecule has 72 valence electrons. The quantitative estimate of drug-likeness (QED) is 0.837. The first-order valence-electron chi connectivity index (χ1n) is 3.77. The Hall–Kier alpha value is -0.550. The summed E-state index contributed by atoms with van der Waals surface area (Å²) in [5.41, 5.74) is 4.83. The van der Waals surface area contributed by atoms with E-state index >= 15 is 0 Å². The summed E-state index contributed by atoms with van der Waals surface area (Å²) in [4.78, 5) is 3.67. The van der Waals surface area contributed by atoms with Crippen molar-refractivity contribution in [2.24, 2.45) is 5.73 Å². The Morgan fingerprint density at radius 2 is 2.15 bits per heavy atom. The third kappa shape index (κ3) is 2.70. The lowest BCUT2D eigenvalue weighted by Crippen LogP contribution is -2.19. The van der Waals surface area contributed by atoms with Crippen LogP contribution < -0.4 is 5.73 Å². The average molecular weight is 251 g/mol. The van der Waals surface area contributed by atoms with E-state index in [0.29, 0.717) is 4.60 Å². The van der Waals surface area contributed by atoms with Crippen molar-refractivity contribution in [1.29, 1.82) is 0 Å². The number of hydrogen-bond acceptors (Lipinski definition) is 2. The van der Waals surface area contributed by atoms with Crippen LogP contribution in [0.15, 0.2) is 22.8 Å². The van der Waals surface area contributed by atoms with E-state index in [1.807, 2.05) is 0 Å². The van der Waals surface area contributed by atoms with Crippen molar-refractivity contribution >= 4 is 15.9 Å². The number of nitrogens with zero attached hydrogens (tertiary/aromatic N) is 1. The van der Waals surface area contributed by atoms with Gasteiger partial charge in [0.25, 0.3) is 5.92 Å². The average Bonchev–Trinajstić information content (AvgIpc) is 2.04. The molecular formula is C8H9BrF2N2. The summed E-state index contributed by atoms with van der Waals surface area (Å²) in [6, 6.07) is 4.42. The third-order valence-corrected chi connectivity index (χ3v) is 1.99. The summed E-state index contributed by atoms with van der Waals surface area (Å²) < 4.78 is 26.8. The zero-order chi connectivity index (χ0) is 9.90. The van der Waals surface area contributed by atoms with Crippen LogP contribution in [0.5, 0.6) is 0 Å². The molecule has 0 aliphatic heterocycles. The molecule has 1 aromatic heterocycles. The van der Waals surface area contributed by atoms with Crippen molar-refractivity contribution in [1.82, 2.24) is 4.98 Å². The van der Waals surface area contributed by atoms with Crippen LogP contribution >= 0.6 is 15.9 Å². The Balaban J connectivity index is 2.93. The van der Waals surface area contributed by atoms with Gasteiger partial charge in [-0.1, -0.05) is 6.07 Å². The predicted octanol–water partition coefficient (Wildman–Crippen LogP) is 2.28. The van der Waals surface area contributed by atoms with E-state index in [0.717, 1.165) is 0 Å². The summed E-state index contributed by atoms with van der Waals surface area (Å²) in [6.45, 7) is -0.0544. The molecule has 0 atom stereocenters. The minimum absolute atomic E-state index is 0.0544. The van der Waals surface area contributed by atoms with E-state index in [4.69, 9.17) is 5.73 Å². The van der Waals surface area contributed by atoms with Gasteiger partial charge >= 0.3 is 0 Å². The molecule has 13 heavy (non-hydrogen) atoms. The topological polar surface area (TPSA) is 38.9 Å². The third-order valence-electron chi connectivity index (χ3n) is 1.55. The van der Waals surface area contributed by atoms with E-state index in [1.165, 1.54) is 12.1 Å². The van der Waals surface area contributed by atoms with Crippen molar-refractivity contribution < 1.29 is 8.78 Å². The van der Waals surface area contributed by atoms with Crippen LogP contribution in [-0.2, 0) is 5.92 Å². The van der Waals surface area contributed by atoms with Gasteiger partial charge in [-0.05, 0) is 34.6 Å². The molecule has 1 heterocycles. The highest BCUT2D eigenvalue weighted by molar-refractivity contribution is 9.10. The van der Waals surface area contributed by atoms with Crippen molar-refractivity contribution in [2.45, 2.75) is 12.3 Å². The Kier molecular flexibility index (Phi) is 3.33. The van der Waals surface area contributed by atoms with Crippen molar-refractivity contribution in [3.8, 4) is 0 Å². The molecule has 0 amide bonds. The SMILES string of the molecule is NCCC(F)(F)c1cccc(Br)n1. The van der Waals surface area contributed by atoms with Crippen LogP contribution in [0.2, 0.25) is 0 Å². The van der Waals surface area contributed by atoms with Crippen LogP contribution in [0.25, 0.3) is 0 Å². The molecule has 5 heteroatoms. The first-order valence-corrected chi connectivity index (χ1v) is 4.56. The fraction of sp³-hybridized carbons (Fsp3) is 0.375. The molecule has 0 aliphatic carbocycles. The fourth-order valence-corrected chi connectivity index (χ4v) is 1.26. The van der Waals surface area contributed by atoms with E-state index in [1.54, 1.807) is 6.07 Å². The summed E-state index contributed by atoms with van der Waals surface area (Å²) in [7, 11) is 0. The maximum absolute atomic E-state index is 13.2. The molecule has 0 radical (unpaired) electrons. The largest absolute Gasteiger partial charge is 0.330 e. The van der Waals surface area contributed by atoms with E-state index < -0.39 is 5.92 Å². The maximum Gasteiger partial charge on any atom is 0.290 e. The van der Waals surface area contributed by atoms with E-state index in [2.05, 4.69) is 20.9 Å². The van der Waals surface area contributed by atoms with Crippen molar-refractivity contribution in [2.75, 3.05) is 6.54 Å². The van der Waals surface area contributed by atoms with Crippen LogP contribution in [0.4, 0.5) is 8.78 Å². The molecule has 0 aliphatic rings. The Bertz CT molecular complexity index is 291. The lowest BCUT2D eigenvalue weighted by Gasteiger charge is -2.14. The number of pyridine rings is 1. The summed E-state index contributed by atoms with van der Waals surface area (Å²) >= 11 is 3.03. The van der Waals surface area contributed by atoms with Gasteiger partial charge in [-0.2, -0.15) is 8.78 Å². The number of halogens is 3. The van der Waals surface area contributed by atoms with Gasteiger partial charge in [-0.25, -0.2) is 4.98 Å². The molecule has 0 saturated heterocycles. The van der Waals surface area contributed by atoms with Gasteiger partial charge in [0.1, 0.15) is 10.3 Å². The molecule has 2 N–H and O–H groups in total. The van der Waals surface area contributed by atoms with Gasteiger partial charge in [-0.15, -0.1) is 0 Å². The molecule has 2 nitrogen and oxygen atoms in total. The number of nitrogens with two attached hydrogens (primary N) is 1. The lowest BCUT2D eigenvalue weighted by molar-refractivity contribution is -0.0153. The molecule has 1 rings (SSSR count). The number of aromatic nitrogens is 1. The second kappa shape index (κ2) is 4.11. The van der Waals surface area contributed by atoms with Gasteiger partial charge in [0.15, 0.2) is 0 Å². The second-order valence-electron chi connectivity index (χ2n) is 2.59. The van der Waals surface area contributed by atoms with Gasteiger partial charge in [0.05, 0.1) is 0 Å². The van der Waals surface area contributed by atoms with E-state index in [9.17, 15) is 8.78 Å². The van der Waals surface area contributed by atoms with Gasteiger partial charge in [0, 0.05) is 6.42 Å². The highest BCUT2D eigenvalue weighted by Crippen LogP contribution is 2.29. The first-order chi connectivity index (χ1) is 6.06. The molecule has 0 fully saturated rings. The van der Waals surface area contributed by atoms with Crippen LogP contribution in [-0.4, -0.2) is 11.5 Å². The first kappa shape index (κ1) is 10.5. The molecule has 0 saturated carbocycles. The highest BCUT2D eigenvalue weighted by atomic mass is 79.9. The molecular weight excluding hydrogens is 242 g/mol. The monoisotopic (exact) mass is 250 g/mol. The molecule has 0 spiro atoms.